The first-order valence-electron chi connectivity index (χ1n) is 12.1. The molecule has 0 saturated carbocycles. The molecule has 0 bridgehead atoms. The number of hydrogen-bond acceptors (Lipinski definition) is 5. The lowest BCUT2D eigenvalue weighted by molar-refractivity contribution is -0.0835. The Morgan fingerprint density at radius 2 is 1.86 bits per heavy atom. The lowest BCUT2D eigenvalue weighted by Crippen LogP contribution is -2.46. The molecule has 0 saturated heterocycles. The number of hydrogen-bond donors (Lipinski definition) is 1. The van der Waals surface area contributed by atoms with Gasteiger partial charge in [-0.15, -0.1) is 0 Å². The Labute approximate surface area is 206 Å². The molecule has 3 aromatic carbocycles. The van der Waals surface area contributed by atoms with Gasteiger partial charge in [0.05, 0.1) is 12.7 Å². The number of carbonyl (C=O) groups is 1. The van der Waals surface area contributed by atoms with E-state index in [-0.39, 0.29) is 19.1 Å². The first kappa shape index (κ1) is 23.2. The van der Waals surface area contributed by atoms with Crippen LogP contribution in [0.3, 0.4) is 0 Å². The van der Waals surface area contributed by atoms with Crippen LogP contribution in [0.1, 0.15) is 51.5 Å². The van der Waals surface area contributed by atoms with Crippen molar-refractivity contribution in [1.29, 1.82) is 0 Å². The maximum Gasteiger partial charge on any atom is 0.260 e. The highest BCUT2D eigenvalue weighted by atomic mass is 16.7. The van der Waals surface area contributed by atoms with Crippen molar-refractivity contribution in [2.75, 3.05) is 20.4 Å². The van der Waals surface area contributed by atoms with Gasteiger partial charge in [-0.1, -0.05) is 61.9 Å². The van der Waals surface area contributed by atoms with Crippen molar-refractivity contribution < 1.29 is 24.1 Å². The molecule has 182 valence electrons. The van der Waals surface area contributed by atoms with Crippen LogP contribution in [-0.4, -0.2) is 36.4 Å². The number of benzene rings is 3. The summed E-state index contributed by atoms with van der Waals surface area (Å²) in [6.45, 7) is 4.55. The fraction of sp³-hybridized carbons (Fsp3) is 0.345. The number of nitrogens with zero attached hydrogens (tertiary/aromatic N) is 1. The summed E-state index contributed by atoms with van der Waals surface area (Å²) in [4.78, 5) is 15.4. The largest absolute Gasteiger partial charge is 0.496 e. The second-order valence-corrected chi connectivity index (χ2v) is 9.21. The number of carbonyl (C=O) groups excluding carboxylic acids is 1. The van der Waals surface area contributed by atoms with Crippen LogP contribution in [0.15, 0.2) is 54.6 Å². The van der Waals surface area contributed by atoms with Crippen LogP contribution in [0.5, 0.6) is 17.2 Å². The molecule has 2 aliphatic heterocycles. The second kappa shape index (κ2) is 9.27. The fourth-order valence-corrected chi connectivity index (χ4v) is 5.32. The van der Waals surface area contributed by atoms with Crippen LogP contribution in [-0.2, 0) is 25.0 Å². The zero-order chi connectivity index (χ0) is 24.6. The highest BCUT2D eigenvalue weighted by molar-refractivity contribution is 6.02. The maximum atomic E-state index is 13.8. The molecule has 2 heterocycles. The van der Waals surface area contributed by atoms with Crippen molar-refractivity contribution in [1.82, 2.24) is 4.90 Å². The number of methoxy groups -OCH3 is 1. The molecule has 1 atom stereocenters. The third kappa shape index (κ3) is 3.92. The standard InChI is InChI=1S/C29H31NO5/c1-4-8-21-12-14-24-27(35-18-34-24)22(21)17-29(32)23-13-11-19(2)26(33-3)25(23)28(31)30(29)16-15-20-9-6-5-7-10-20/h5-7,9-14,32H,4,8,15-18H2,1-3H3/t29-/m1/s1. The molecule has 6 heteroatoms. The smallest absolute Gasteiger partial charge is 0.260 e. The summed E-state index contributed by atoms with van der Waals surface area (Å²) in [7, 11) is 1.57. The predicted octanol–water partition coefficient (Wildman–Crippen LogP) is 4.77. The minimum Gasteiger partial charge on any atom is -0.496 e. The Morgan fingerprint density at radius 1 is 1.06 bits per heavy atom. The van der Waals surface area contributed by atoms with Crippen LogP contribution >= 0.6 is 0 Å². The molecule has 0 aromatic heterocycles. The van der Waals surface area contributed by atoms with E-state index in [1.807, 2.05) is 61.5 Å². The molecule has 0 unspecified atom stereocenters. The summed E-state index contributed by atoms with van der Waals surface area (Å²) in [5.74, 6) is 1.62. The monoisotopic (exact) mass is 473 g/mol. The lowest BCUT2D eigenvalue weighted by Gasteiger charge is -2.35. The van der Waals surface area contributed by atoms with Crippen molar-refractivity contribution in [3.05, 3.63) is 88.0 Å². The van der Waals surface area contributed by atoms with E-state index < -0.39 is 5.72 Å². The average molecular weight is 474 g/mol. The Kier molecular flexibility index (Phi) is 6.15. The van der Waals surface area contributed by atoms with Crippen LogP contribution in [0.4, 0.5) is 0 Å². The molecular formula is C29H31NO5. The normalized spacial score (nSPS) is 18.2. The van der Waals surface area contributed by atoms with Gasteiger partial charge in [-0.05, 0) is 42.5 Å². The Bertz CT molecular complexity index is 1260. The van der Waals surface area contributed by atoms with Gasteiger partial charge in [0.15, 0.2) is 17.2 Å². The molecule has 2 aliphatic rings. The zero-order valence-corrected chi connectivity index (χ0v) is 20.5. The van der Waals surface area contributed by atoms with Crippen molar-refractivity contribution in [3.8, 4) is 17.2 Å². The van der Waals surface area contributed by atoms with E-state index in [1.165, 1.54) is 0 Å². The van der Waals surface area contributed by atoms with E-state index in [1.54, 1.807) is 12.0 Å². The SMILES string of the molecule is CCCc1ccc2c(c1C[C@@]1(O)c3ccc(C)c(OC)c3C(=O)N1CCc1ccccc1)OCO2. The van der Waals surface area contributed by atoms with Crippen LogP contribution < -0.4 is 14.2 Å². The van der Waals surface area contributed by atoms with Gasteiger partial charge in [0.2, 0.25) is 6.79 Å². The number of ether oxygens (including phenoxy) is 3. The maximum absolute atomic E-state index is 13.8. The molecule has 0 aliphatic carbocycles. The first-order valence-corrected chi connectivity index (χ1v) is 12.1. The lowest BCUT2D eigenvalue weighted by atomic mass is 9.89. The molecule has 0 radical (unpaired) electrons. The van der Waals surface area contributed by atoms with Gasteiger partial charge in [0.25, 0.3) is 5.91 Å². The molecule has 6 nitrogen and oxygen atoms in total. The number of aryl methyl sites for hydroxylation is 2. The molecule has 0 fully saturated rings. The van der Waals surface area contributed by atoms with Crippen molar-refractivity contribution >= 4 is 5.91 Å². The van der Waals surface area contributed by atoms with Gasteiger partial charge in [-0.3, -0.25) is 4.79 Å². The summed E-state index contributed by atoms with van der Waals surface area (Å²) in [6.07, 6.45) is 2.61. The van der Waals surface area contributed by atoms with E-state index >= 15 is 0 Å². The molecule has 1 amide bonds. The van der Waals surface area contributed by atoms with E-state index in [9.17, 15) is 9.90 Å². The third-order valence-corrected chi connectivity index (χ3v) is 7.04. The van der Waals surface area contributed by atoms with Gasteiger partial charge >= 0.3 is 0 Å². The van der Waals surface area contributed by atoms with E-state index in [0.717, 1.165) is 35.1 Å². The quantitative estimate of drug-likeness (QED) is 0.510. The Hall–Kier alpha value is -3.51. The fourth-order valence-electron chi connectivity index (χ4n) is 5.32. The van der Waals surface area contributed by atoms with E-state index in [0.29, 0.717) is 41.3 Å². The summed E-state index contributed by atoms with van der Waals surface area (Å²) < 4.78 is 17.1. The van der Waals surface area contributed by atoms with Gasteiger partial charge in [0.1, 0.15) is 5.75 Å². The summed E-state index contributed by atoms with van der Waals surface area (Å²) in [5.41, 5.74) is 3.39. The highest BCUT2D eigenvalue weighted by Crippen LogP contribution is 2.48. The molecule has 3 aromatic rings. The highest BCUT2D eigenvalue weighted by Gasteiger charge is 2.51. The molecule has 35 heavy (non-hydrogen) atoms. The van der Waals surface area contributed by atoms with E-state index in [2.05, 4.69) is 6.92 Å². The topological polar surface area (TPSA) is 68.2 Å². The summed E-state index contributed by atoms with van der Waals surface area (Å²) in [5, 5.41) is 12.4. The zero-order valence-electron chi connectivity index (χ0n) is 20.5. The van der Waals surface area contributed by atoms with Gasteiger partial charge < -0.3 is 24.2 Å². The number of rotatable bonds is 8. The van der Waals surface area contributed by atoms with Crippen LogP contribution in [0.25, 0.3) is 0 Å². The van der Waals surface area contributed by atoms with Crippen LogP contribution in [0, 0.1) is 6.92 Å². The predicted molar refractivity (Wildman–Crippen MR) is 133 cm³/mol. The van der Waals surface area contributed by atoms with Crippen molar-refractivity contribution in [2.24, 2.45) is 0 Å². The van der Waals surface area contributed by atoms with Crippen molar-refractivity contribution in [2.45, 2.75) is 45.3 Å². The number of amides is 1. The Balaban J connectivity index is 1.62. The van der Waals surface area contributed by atoms with Gasteiger partial charge in [0, 0.05) is 24.1 Å². The number of fused-ring (bicyclic) bond motifs is 2. The summed E-state index contributed by atoms with van der Waals surface area (Å²) >= 11 is 0. The third-order valence-electron chi connectivity index (χ3n) is 7.04. The summed E-state index contributed by atoms with van der Waals surface area (Å²) in [6, 6.07) is 17.7. The minimum atomic E-state index is -1.55. The molecular weight excluding hydrogens is 442 g/mol. The van der Waals surface area contributed by atoms with Crippen LogP contribution in [0.2, 0.25) is 0 Å². The molecule has 0 spiro atoms. The molecule has 1 N–H and O–H groups in total. The van der Waals surface area contributed by atoms with Gasteiger partial charge in [-0.2, -0.15) is 0 Å². The minimum absolute atomic E-state index is 0.149. The first-order chi connectivity index (χ1) is 17.0. The number of aliphatic hydroxyl groups is 1. The second-order valence-electron chi connectivity index (χ2n) is 9.21. The average Bonchev–Trinajstić information content (AvgIpc) is 3.42. The van der Waals surface area contributed by atoms with Crippen molar-refractivity contribution in [3.63, 3.8) is 0 Å². The molecule has 5 rings (SSSR count). The van der Waals surface area contributed by atoms with Gasteiger partial charge in [-0.25, -0.2) is 0 Å². The van der Waals surface area contributed by atoms with E-state index in [4.69, 9.17) is 14.2 Å². The Morgan fingerprint density at radius 3 is 2.60 bits per heavy atom.